The van der Waals surface area contributed by atoms with E-state index in [9.17, 15) is 0 Å². The maximum absolute atomic E-state index is 8.90. The second-order valence-electron chi connectivity index (χ2n) is 4.11. The number of aliphatic hydroxyl groups excluding tert-OH is 1. The van der Waals surface area contributed by atoms with Gasteiger partial charge in [0.15, 0.2) is 0 Å². The molecule has 0 aliphatic heterocycles. The first-order valence-electron chi connectivity index (χ1n) is 4.79. The van der Waals surface area contributed by atoms with Gasteiger partial charge in [0.2, 0.25) is 0 Å². The van der Waals surface area contributed by atoms with Crippen LogP contribution in [0.4, 0.5) is 5.69 Å². The van der Waals surface area contributed by atoms with Crippen molar-refractivity contribution in [2.24, 2.45) is 0 Å². The van der Waals surface area contributed by atoms with Gasteiger partial charge in [-0.1, -0.05) is 23.2 Å². The Bertz CT molecular complexity index is 339. The van der Waals surface area contributed by atoms with Crippen LogP contribution in [0.2, 0.25) is 10.0 Å². The number of anilines is 1. The largest absolute Gasteiger partial charge is 0.396 e. The molecule has 0 amide bonds. The van der Waals surface area contributed by atoms with Gasteiger partial charge >= 0.3 is 0 Å². The van der Waals surface area contributed by atoms with Gasteiger partial charge in [-0.15, -0.1) is 0 Å². The smallest absolute Gasteiger partial charge is 0.0652 e. The van der Waals surface area contributed by atoms with E-state index < -0.39 is 0 Å². The molecule has 2 nitrogen and oxygen atoms in total. The lowest BCUT2D eigenvalue weighted by molar-refractivity contribution is 0.261. The van der Waals surface area contributed by atoms with Gasteiger partial charge in [0.05, 0.1) is 10.7 Å². The monoisotopic (exact) mass is 247 g/mol. The molecule has 0 bridgehead atoms. The number of rotatable bonds is 4. The summed E-state index contributed by atoms with van der Waals surface area (Å²) < 4.78 is 0. The predicted molar refractivity (Wildman–Crippen MR) is 65.9 cm³/mol. The summed E-state index contributed by atoms with van der Waals surface area (Å²) in [5, 5.41) is 13.4. The fourth-order valence-electron chi connectivity index (χ4n) is 1.30. The molecule has 0 heterocycles. The van der Waals surface area contributed by atoms with E-state index in [0.717, 1.165) is 5.69 Å². The molecule has 0 aromatic heterocycles. The molecule has 0 aliphatic rings. The molecule has 0 spiro atoms. The Kier molecular flexibility index (Phi) is 4.26. The van der Waals surface area contributed by atoms with Gasteiger partial charge in [-0.2, -0.15) is 0 Å². The van der Waals surface area contributed by atoms with Crippen molar-refractivity contribution in [2.75, 3.05) is 11.9 Å². The third kappa shape index (κ3) is 3.90. The highest BCUT2D eigenvalue weighted by molar-refractivity contribution is 6.36. The summed E-state index contributed by atoms with van der Waals surface area (Å²) in [6.45, 7) is 4.16. The van der Waals surface area contributed by atoms with Crippen LogP contribution in [0.25, 0.3) is 0 Å². The van der Waals surface area contributed by atoms with Crippen molar-refractivity contribution in [3.05, 3.63) is 28.2 Å². The number of aliphatic hydroxyl groups is 1. The van der Waals surface area contributed by atoms with E-state index in [1.165, 1.54) is 0 Å². The Morgan fingerprint density at radius 1 is 1.33 bits per heavy atom. The highest BCUT2D eigenvalue weighted by atomic mass is 35.5. The lowest BCUT2D eigenvalue weighted by Crippen LogP contribution is -2.31. The summed E-state index contributed by atoms with van der Waals surface area (Å²) in [6.07, 6.45) is 0.659. The minimum Gasteiger partial charge on any atom is -0.396 e. The van der Waals surface area contributed by atoms with Crippen molar-refractivity contribution < 1.29 is 5.11 Å². The maximum atomic E-state index is 8.90. The third-order valence-electron chi connectivity index (χ3n) is 2.14. The van der Waals surface area contributed by atoms with Crippen LogP contribution in [0.3, 0.4) is 0 Å². The minimum absolute atomic E-state index is 0.144. The van der Waals surface area contributed by atoms with Crippen LogP contribution in [0.5, 0.6) is 0 Å². The molecular weight excluding hydrogens is 233 g/mol. The molecule has 0 unspecified atom stereocenters. The van der Waals surface area contributed by atoms with E-state index in [4.69, 9.17) is 28.3 Å². The molecule has 0 atom stereocenters. The molecule has 1 aromatic rings. The summed E-state index contributed by atoms with van der Waals surface area (Å²) in [4.78, 5) is 0. The summed E-state index contributed by atoms with van der Waals surface area (Å²) >= 11 is 11.8. The Morgan fingerprint density at radius 3 is 2.53 bits per heavy atom. The van der Waals surface area contributed by atoms with Gasteiger partial charge in [0.1, 0.15) is 0 Å². The van der Waals surface area contributed by atoms with Crippen molar-refractivity contribution in [3.8, 4) is 0 Å². The topological polar surface area (TPSA) is 32.3 Å². The summed E-state index contributed by atoms with van der Waals surface area (Å²) in [5.41, 5.74) is 0.645. The quantitative estimate of drug-likeness (QED) is 0.853. The predicted octanol–water partition coefficient (Wildman–Crippen LogP) is 3.57. The van der Waals surface area contributed by atoms with Crippen LogP contribution in [0.15, 0.2) is 18.2 Å². The Balaban J connectivity index is 2.80. The summed E-state index contributed by atoms with van der Waals surface area (Å²) in [7, 11) is 0. The number of nitrogens with one attached hydrogen (secondary N) is 1. The fraction of sp³-hybridized carbons (Fsp3) is 0.455. The number of hydrogen-bond acceptors (Lipinski definition) is 2. The van der Waals surface area contributed by atoms with E-state index >= 15 is 0 Å². The van der Waals surface area contributed by atoms with Gasteiger partial charge < -0.3 is 10.4 Å². The van der Waals surface area contributed by atoms with Gasteiger partial charge in [-0.05, 0) is 38.5 Å². The lowest BCUT2D eigenvalue weighted by atomic mass is 10.0. The van der Waals surface area contributed by atoms with E-state index in [2.05, 4.69) is 5.32 Å². The Morgan fingerprint density at radius 2 is 2.00 bits per heavy atom. The second-order valence-corrected chi connectivity index (χ2v) is 4.95. The fourth-order valence-corrected chi connectivity index (χ4v) is 1.75. The van der Waals surface area contributed by atoms with Crippen molar-refractivity contribution in [1.29, 1.82) is 0 Å². The van der Waals surface area contributed by atoms with Crippen molar-refractivity contribution in [1.82, 2.24) is 0 Å². The molecule has 4 heteroatoms. The van der Waals surface area contributed by atoms with Gasteiger partial charge in [-0.25, -0.2) is 0 Å². The standard InChI is InChI=1S/C11H15Cl2NO/c1-11(2,5-6-15)14-10-4-3-8(12)7-9(10)13/h3-4,7,14-15H,5-6H2,1-2H3. The third-order valence-corrected chi connectivity index (χ3v) is 2.69. The SMILES string of the molecule is CC(C)(CCO)Nc1ccc(Cl)cc1Cl. The number of hydrogen-bond donors (Lipinski definition) is 2. The lowest BCUT2D eigenvalue weighted by Gasteiger charge is -2.27. The highest BCUT2D eigenvalue weighted by Gasteiger charge is 2.17. The van der Waals surface area contributed by atoms with Crippen LogP contribution in [-0.4, -0.2) is 17.3 Å². The van der Waals surface area contributed by atoms with Crippen molar-refractivity contribution >= 4 is 28.9 Å². The average Bonchev–Trinajstić information content (AvgIpc) is 2.09. The van der Waals surface area contributed by atoms with Crippen LogP contribution < -0.4 is 5.32 Å². The Hall–Kier alpha value is -0.440. The second kappa shape index (κ2) is 5.06. The molecule has 0 saturated carbocycles. The summed E-state index contributed by atoms with van der Waals surface area (Å²) in [5.74, 6) is 0. The molecule has 2 N–H and O–H groups in total. The van der Waals surface area contributed by atoms with Gasteiger partial charge in [0.25, 0.3) is 0 Å². The number of benzene rings is 1. The van der Waals surface area contributed by atoms with Crippen LogP contribution >= 0.6 is 23.2 Å². The van der Waals surface area contributed by atoms with Crippen molar-refractivity contribution in [2.45, 2.75) is 25.8 Å². The minimum atomic E-state index is -0.188. The first-order valence-corrected chi connectivity index (χ1v) is 5.54. The number of halogens is 2. The average molecular weight is 248 g/mol. The molecule has 0 fully saturated rings. The first-order chi connectivity index (χ1) is 6.94. The van der Waals surface area contributed by atoms with Gasteiger partial charge in [-0.3, -0.25) is 0 Å². The maximum Gasteiger partial charge on any atom is 0.0652 e. The van der Waals surface area contributed by atoms with Gasteiger partial charge in [0, 0.05) is 17.2 Å². The van der Waals surface area contributed by atoms with E-state index in [0.29, 0.717) is 16.5 Å². The molecule has 15 heavy (non-hydrogen) atoms. The zero-order valence-corrected chi connectivity index (χ0v) is 10.4. The van der Waals surface area contributed by atoms with E-state index in [1.54, 1.807) is 12.1 Å². The molecular formula is C11H15Cl2NO. The molecule has 1 rings (SSSR count). The van der Waals surface area contributed by atoms with Crippen LogP contribution in [-0.2, 0) is 0 Å². The van der Waals surface area contributed by atoms with E-state index in [-0.39, 0.29) is 12.1 Å². The van der Waals surface area contributed by atoms with Crippen LogP contribution in [0, 0.1) is 0 Å². The molecule has 1 aromatic carbocycles. The molecule has 84 valence electrons. The summed E-state index contributed by atoms with van der Waals surface area (Å²) in [6, 6.07) is 5.31. The highest BCUT2D eigenvalue weighted by Crippen LogP contribution is 2.28. The zero-order valence-electron chi connectivity index (χ0n) is 8.85. The van der Waals surface area contributed by atoms with E-state index in [1.807, 2.05) is 19.9 Å². The zero-order chi connectivity index (χ0) is 11.5. The van der Waals surface area contributed by atoms with Crippen LogP contribution in [0.1, 0.15) is 20.3 Å². The molecule has 0 aliphatic carbocycles. The Labute approximate surface area is 100 Å². The molecule has 0 radical (unpaired) electrons. The first kappa shape index (κ1) is 12.6. The van der Waals surface area contributed by atoms with Crippen molar-refractivity contribution in [3.63, 3.8) is 0 Å². The molecule has 0 saturated heterocycles. The normalized spacial score (nSPS) is 11.5.